The Balaban J connectivity index is 0.992. The van der Waals surface area contributed by atoms with Crippen molar-refractivity contribution in [1.29, 1.82) is 0 Å². The number of pyridine rings is 1. The molecule has 0 spiro atoms. The Labute approximate surface area is 219 Å². The summed E-state index contributed by atoms with van der Waals surface area (Å²) in [7, 11) is 0. The van der Waals surface area contributed by atoms with Gasteiger partial charge in [-0.2, -0.15) is 0 Å². The van der Waals surface area contributed by atoms with Crippen LogP contribution in [0.3, 0.4) is 0 Å². The molecule has 9 nitrogen and oxygen atoms in total. The van der Waals surface area contributed by atoms with Crippen molar-refractivity contribution < 1.29 is 28.7 Å². The van der Waals surface area contributed by atoms with E-state index in [1.807, 2.05) is 24.3 Å². The molecule has 3 aliphatic rings. The molecule has 3 aromatic rings. The molecule has 2 aromatic carbocycles. The van der Waals surface area contributed by atoms with E-state index in [9.17, 15) is 14.4 Å². The van der Waals surface area contributed by atoms with E-state index in [0.29, 0.717) is 18.0 Å². The average molecular weight is 514 g/mol. The number of ether oxygens (including phenoxy) is 2. The smallest absolute Gasteiger partial charge is 0.442 e. The van der Waals surface area contributed by atoms with Crippen molar-refractivity contribution in [3.63, 3.8) is 0 Å². The minimum absolute atomic E-state index is 0.190. The van der Waals surface area contributed by atoms with E-state index >= 15 is 0 Å². The Morgan fingerprint density at radius 2 is 1.84 bits per heavy atom. The summed E-state index contributed by atoms with van der Waals surface area (Å²) < 4.78 is 10.9. The van der Waals surface area contributed by atoms with Gasteiger partial charge in [-0.15, -0.1) is 5.06 Å². The summed E-state index contributed by atoms with van der Waals surface area (Å²) in [4.78, 5) is 48.1. The van der Waals surface area contributed by atoms with Crippen molar-refractivity contribution in [2.24, 2.45) is 0 Å². The zero-order valence-electron chi connectivity index (χ0n) is 20.8. The summed E-state index contributed by atoms with van der Waals surface area (Å²) in [5.41, 5.74) is 4.59. The van der Waals surface area contributed by atoms with E-state index in [-0.39, 0.29) is 6.42 Å². The number of likely N-dealkylation sites (tertiary alicyclic amines) is 1. The van der Waals surface area contributed by atoms with E-state index in [1.165, 1.54) is 5.57 Å². The molecule has 9 heteroatoms. The Hall–Kier alpha value is -4.24. The van der Waals surface area contributed by atoms with Gasteiger partial charge in [-0.05, 0) is 49.1 Å². The summed E-state index contributed by atoms with van der Waals surface area (Å²) in [5.74, 6) is -2.40. The Morgan fingerprint density at radius 3 is 2.71 bits per heavy atom. The fourth-order valence-electron chi connectivity index (χ4n) is 5.07. The predicted molar refractivity (Wildman–Crippen MR) is 139 cm³/mol. The van der Waals surface area contributed by atoms with Crippen molar-refractivity contribution in [2.75, 3.05) is 31.3 Å². The lowest BCUT2D eigenvalue weighted by atomic mass is 10.0. The van der Waals surface area contributed by atoms with Crippen LogP contribution in [-0.4, -0.2) is 60.1 Å². The number of rotatable bonds is 6. The highest BCUT2D eigenvalue weighted by molar-refractivity contribution is 6.31. The van der Waals surface area contributed by atoms with Gasteiger partial charge < -0.3 is 19.2 Å². The molecule has 2 fully saturated rings. The van der Waals surface area contributed by atoms with Crippen molar-refractivity contribution in [2.45, 2.75) is 31.8 Å². The van der Waals surface area contributed by atoms with Gasteiger partial charge in [-0.3, -0.25) is 4.79 Å². The highest BCUT2D eigenvalue weighted by atomic mass is 16.7. The number of fused-ring (bicyclic) bond motifs is 5. The van der Waals surface area contributed by atoms with Crippen molar-refractivity contribution >= 4 is 40.5 Å². The van der Waals surface area contributed by atoms with Crippen LogP contribution in [0, 0.1) is 0 Å². The Bertz CT molecular complexity index is 1440. The van der Waals surface area contributed by atoms with Crippen LogP contribution in [0.5, 0.6) is 5.75 Å². The average Bonchev–Trinajstić information content (AvgIpc) is 3.00. The number of esters is 1. The monoisotopic (exact) mass is 513 g/mol. The zero-order valence-corrected chi connectivity index (χ0v) is 20.8. The van der Waals surface area contributed by atoms with E-state index in [1.54, 1.807) is 12.1 Å². The standard InChI is InChI=1S/C29H27N3O6/c33-27-26-17-21-7-9-23(18-25(21)32(27)38-29(35)28(34)37-26)36-15-3-12-31-13-10-19(11-14-31)16-22-8-6-20-4-1-2-5-24(20)30-22/h1-2,4-9,16,18,26H,3,10-15,17H2. The number of hydroxylamine groups is 1. The molecule has 194 valence electrons. The van der Waals surface area contributed by atoms with Gasteiger partial charge in [0.2, 0.25) is 0 Å². The third-order valence-corrected chi connectivity index (χ3v) is 7.10. The molecule has 1 aromatic heterocycles. The van der Waals surface area contributed by atoms with Gasteiger partial charge in [0.25, 0.3) is 0 Å². The first-order valence-electron chi connectivity index (χ1n) is 12.8. The molecular weight excluding hydrogens is 486 g/mol. The van der Waals surface area contributed by atoms with E-state index < -0.39 is 23.9 Å². The number of aromatic nitrogens is 1. The normalized spacial score (nSPS) is 19.5. The number of hydrogen-bond donors (Lipinski definition) is 0. The number of carbonyl (C=O) groups is 3. The summed E-state index contributed by atoms with van der Waals surface area (Å²) >= 11 is 0. The van der Waals surface area contributed by atoms with Gasteiger partial charge in [0.1, 0.15) is 5.75 Å². The molecule has 1 atom stereocenters. The van der Waals surface area contributed by atoms with Crippen LogP contribution in [0.25, 0.3) is 17.0 Å². The summed E-state index contributed by atoms with van der Waals surface area (Å²) in [5, 5.41) is 2.00. The fraction of sp³-hybridized carbons (Fsp3) is 0.310. The van der Waals surface area contributed by atoms with Gasteiger partial charge in [-0.1, -0.05) is 35.9 Å². The lowest BCUT2D eigenvalue weighted by Gasteiger charge is -2.29. The lowest BCUT2D eigenvalue weighted by molar-refractivity contribution is -0.166. The van der Waals surface area contributed by atoms with Crippen molar-refractivity contribution in [3.8, 4) is 5.75 Å². The second-order valence-electron chi connectivity index (χ2n) is 9.68. The van der Waals surface area contributed by atoms with Gasteiger partial charge in [-0.25, -0.2) is 14.6 Å². The topological polar surface area (TPSA) is 98.3 Å². The van der Waals surface area contributed by atoms with Crippen LogP contribution in [0.4, 0.5) is 5.69 Å². The fourth-order valence-corrected chi connectivity index (χ4v) is 5.07. The molecule has 0 saturated carbocycles. The minimum Gasteiger partial charge on any atom is -0.493 e. The maximum Gasteiger partial charge on any atom is 0.442 e. The SMILES string of the molecule is O=C1OC2Cc3ccc(OCCCN4CCC(=Cc5ccc6ccccc6n5)CC4)cc3N(OC1=O)C2=O. The van der Waals surface area contributed by atoms with Crippen LogP contribution in [0.2, 0.25) is 0 Å². The summed E-state index contributed by atoms with van der Waals surface area (Å²) in [6.07, 6.45) is 4.25. The first-order chi connectivity index (χ1) is 18.5. The van der Waals surface area contributed by atoms with Gasteiger partial charge >= 0.3 is 17.8 Å². The second kappa shape index (κ2) is 10.3. The number of para-hydroxylation sites is 1. The molecule has 2 bridgehead atoms. The lowest BCUT2D eigenvalue weighted by Crippen LogP contribution is -2.43. The minimum atomic E-state index is -1.21. The number of carbonyl (C=O) groups excluding carboxylic acids is 3. The molecule has 1 amide bonds. The molecule has 1 unspecified atom stereocenters. The quantitative estimate of drug-likeness (QED) is 0.281. The molecule has 0 radical (unpaired) electrons. The first kappa shape index (κ1) is 24.1. The largest absolute Gasteiger partial charge is 0.493 e. The number of amides is 1. The zero-order chi connectivity index (χ0) is 26.1. The van der Waals surface area contributed by atoms with Gasteiger partial charge in [0, 0.05) is 37.5 Å². The number of benzene rings is 2. The first-order valence-corrected chi connectivity index (χ1v) is 12.8. The number of anilines is 1. The van der Waals surface area contributed by atoms with Crippen molar-refractivity contribution in [3.05, 3.63) is 71.4 Å². The predicted octanol–water partition coefficient (Wildman–Crippen LogP) is 3.46. The molecule has 6 rings (SSSR count). The maximum absolute atomic E-state index is 12.5. The molecule has 0 aliphatic carbocycles. The Kier molecular flexibility index (Phi) is 6.51. The molecular formula is C29H27N3O6. The van der Waals surface area contributed by atoms with Crippen molar-refractivity contribution in [1.82, 2.24) is 9.88 Å². The highest BCUT2D eigenvalue weighted by Gasteiger charge is 2.43. The van der Waals surface area contributed by atoms with Crippen LogP contribution >= 0.6 is 0 Å². The van der Waals surface area contributed by atoms with Crippen LogP contribution in [0.15, 0.2) is 60.2 Å². The van der Waals surface area contributed by atoms with Crippen LogP contribution in [0.1, 0.15) is 30.5 Å². The maximum atomic E-state index is 12.5. The Morgan fingerprint density at radius 1 is 1.00 bits per heavy atom. The number of piperidine rings is 1. The third-order valence-electron chi connectivity index (χ3n) is 7.10. The number of nitrogens with zero attached hydrogens (tertiary/aromatic N) is 3. The van der Waals surface area contributed by atoms with Crippen LogP contribution in [-0.2, 0) is 30.4 Å². The number of hydrogen-bond acceptors (Lipinski definition) is 8. The van der Waals surface area contributed by atoms with E-state index in [0.717, 1.165) is 66.1 Å². The molecule has 3 aliphatic heterocycles. The third kappa shape index (κ3) is 4.97. The van der Waals surface area contributed by atoms with E-state index in [4.69, 9.17) is 19.3 Å². The molecule has 4 heterocycles. The molecule has 38 heavy (non-hydrogen) atoms. The van der Waals surface area contributed by atoms with Gasteiger partial charge in [0.15, 0.2) is 6.10 Å². The summed E-state index contributed by atoms with van der Waals surface area (Å²) in [6, 6.07) is 17.6. The van der Waals surface area contributed by atoms with Crippen LogP contribution < -0.4 is 9.80 Å². The highest BCUT2D eigenvalue weighted by Crippen LogP contribution is 2.34. The van der Waals surface area contributed by atoms with E-state index in [2.05, 4.69) is 29.2 Å². The molecule has 0 N–H and O–H groups in total. The second-order valence-corrected chi connectivity index (χ2v) is 9.68. The molecule has 2 saturated heterocycles. The van der Waals surface area contributed by atoms with Gasteiger partial charge in [0.05, 0.1) is 23.5 Å². The summed E-state index contributed by atoms with van der Waals surface area (Å²) in [6.45, 7) is 3.44.